The third-order valence-corrected chi connectivity index (χ3v) is 1.96. The highest BCUT2D eigenvalue weighted by molar-refractivity contribution is 5.85. The zero-order chi connectivity index (χ0) is 14.6. The van der Waals surface area contributed by atoms with E-state index in [9.17, 15) is 14.9 Å². The summed E-state index contributed by atoms with van der Waals surface area (Å²) in [5.74, 6) is 0. The third-order valence-electron chi connectivity index (χ3n) is 1.96. The van der Waals surface area contributed by atoms with E-state index in [0.717, 1.165) is 6.07 Å². The number of nitrogens with zero attached hydrogens (tertiary/aromatic N) is 2. The van der Waals surface area contributed by atoms with E-state index in [-0.39, 0.29) is 16.9 Å². The molecular formula is C12H13N3O4. The van der Waals surface area contributed by atoms with E-state index in [4.69, 9.17) is 10.00 Å². The number of nitriles is 1. The quantitative estimate of drug-likeness (QED) is 0.652. The summed E-state index contributed by atoms with van der Waals surface area (Å²) < 4.78 is 5.01. The van der Waals surface area contributed by atoms with Gasteiger partial charge >= 0.3 is 6.09 Å². The van der Waals surface area contributed by atoms with Gasteiger partial charge in [-0.25, -0.2) is 4.79 Å². The number of benzene rings is 1. The van der Waals surface area contributed by atoms with Crippen molar-refractivity contribution in [2.24, 2.45) is 0 Å². The molecule has 100 valence electrons. The maximum atomic E-state index is 11.5. The molecule has 0 aromatic heterocycles. The SMILES string of the molecule is CC(C)(C)OC(=O)Nc1ccc(C#N)c([N+](=O)[O-])c1. The number of ether oxygens (including phenoxy) is 1. The highest BCUT2D eigenvalue weighted by atomic mass is 16.6. The number of amides is 1. The van der Waals surface area contributed by atoms with E-state index in [1.54, 1.807) is 26.8 Å². The monoisotopic (exact) mass is 263 g/mol. The van der Waals surface area contributed by atoms with Crippen molar-refractivity contribution in [3.05, 3.63) is 33.9 Å². The Hall–Kier alpha value is -2.62. The fourth-order valence-electron chi connectivity index (χ4n) is 1.28. The Balaban J connectivity index is 2.92. The van der Waals surface area contributed by atoms with Crippen LogP contribution in [0.4, 0.5) is 16.2 Å². The molecule has 0 saturated heterocycles. The molecule has 0 spiro atoms. The van der Waals surface area contributed by atoms with Gasteiger partial charge in [0.25, 0.3) is 5.69 Å². The van der Waals surface area contributed by atoms with Crippen LogP contribution in [-0.4, -0.2) is 16.6 Å². The normalized spacial score (nSPS) is 10.4. The Kier molecular flexibility index (Phi) is 4.07. The number of anilines is 1. The maximum absolute atomic E-state index is 11.5. The highest BCUT2D eigenvalue weighted by Crippen LogP contribution is 2.23. The average molecular weight is 263 g/mol. The molecule has 1 amide bonds. The van der Waals surface area contributed by atoms with E-state index < -0.39 is 16.6 Å². The fraction of sp³-hybridized carbons (Fsp3) is 0.333. The van der Waals surface area contributed by atoms with Crippen LogP contribution < -0.4 is 5.32 Å². The zero-order valence-corrected chi connectivity index (χ0v) is 10.8. The fourth-order valence-corrected chi connectivity index (χ4v) is 1.28. The first-order valence-corrected chi connectivity index (χ1v) is 5.41. The number of hydrogen-bond donors (Lipinski definition) is 1. The van der Waals surface area contributed by atoms with Gasteiger partial charge < -0.3 is 4.74 Å². The molecule has 0 saturated carbocycles. The summed E-state index contributed by atoms with van der Waals surface area (Å²) in [6, 6.07) is 5.49. The van der Waals surface area contributed by atoms with Crippen LogP contribution in [0.5, 0.6) is 0 Å². The summed E-state index contributed by atoms with van der Waals surface area (Å²) in [7, 11) is 0. The van der Waals surface area contributed by atoms with Crippen molar-refractivity contribution >= 4 is 17.5 Å². The van der Waals surface area contributed by atoms with Gasteiger partial charge in [0.1, 0.15) is 17.2 Å². The molecule has 0 aliphatic rings. The summed E-state index contributed by atoms with van der Waals surface area (Å²) in [5, 5.41) is 21.9. The molecule has 0 atom stereocenters. The number of carbonyl (C=O) groups excluding carboxylic acids is 1. The van der Waals surface area contributed by atoms with E-state index in [2.05, 4.69) is 5.32 Å². The number of carbonyl (C=O) groups is 1. The number of nitro benzene ring substituents is 1. The maximum Gasteiger partial charge on any atom is 0.412 e. The zero-order valence-electron chi connectivity index (χ0n) is 10.8. The number of nitro groups is 1. The van der Waals surface area contributed by atoms with Crippen molar-refractivity contribution in [2.75, 3.05) is 5.32 Å². The van der Waals surface area contributed by atoms with E-state index in [0.29, 0.717) is 0 Å². The second kappa shape index (κ2) is 5.35. The Morgan fingerprint density at radius 1 is 1.47 bits per heavy atom. The minimum absolute atomic E-state index is 0.0697. The van der Waals surface area contributed by atoms with Gasteiger partial charge in [-0.3, -0.25) is 15.4 Å². The molecule has 1 aromatic rings. The van der Waals surface area contributed by atoms with Crippen molar-refractivity contribution < 1.29 is 14.5 Å². The molecule has 0 heterocycles. The van der Waals surface area contributed by atoms with Crippen molar-refractivity contribution in [3.8, 4) is 6.07 Å². The summed E-state index contributed by atoms with van der Waals surface area (Å²) in [6.45, 7) is 5.11. The van der Waals surface area contributed by atoms with Crippen molar-refractivity contribution in [1.29, 1.82) is 5.26 Å². The minimum Gasteiger partial charge on any atom is -0.444 e. The molecule has 0 radical (unpaired) electrons. The number of rotatable bonds is 2. The lowest BCUT2D eigenvalue weighted by Gasteiger charge is -2.19. The van der Waals surface area contributed by atoms with Gasteiger partial charge in [0.2, 0.25) is 0 Å². The van der Waals surface area contributed by atoms with Gasteiger partial charge in [-0.15, -0.1) is 0 Å². The predicted molar refractivity (Wildman–Crippen MR) is 67.7 cm³/mol. The van der Waals surface area contributed by atoms with Crippen LogP contribution >= 0.6 is 0 Å². The summed E-state index contributed by atoms with van der Waals surface area (Å²) in [6.07, 6.45) is -0.716. The van der Waals surface area contributed by atoms with Gasteiger partial charge in [0, 0.05) is 6.07 Å². The first-order chi connectivity index (χ1) is 8.73. The van der Waals surface area contributed by atoms with Crippen LogP contribution in [0.1, 0.15) is 26.3 Å². The van der Waals surface area contributed by atoms with Gasteiger partial charge in [-0.2, -0.15) is 5.26 Å². The lowest BCUT2D eigenvalue weighted by Crippen LogP contribution is -2.27. The topological polar surface area (TPSA) is 105 Å². The number of hydrogen-bond acceptors (Lipinski definition) is 5. The average Bonchev–Trinajstić information content (AvgIpc) is 2.26. The van der Waals surface area contributed by atoms with Gasteiger partial charge in [0.05, 0.1) is 10.6 Å². The van der Waals surface area contributed by atoms with Crippen molar-refractivity contribution in [1.82, 2.24) is 0 Å². The predicted octanol–water partition coefficient (Wildman–Crippen LogP) is 2.81. The van der Waals surface area contributed by atoms with Gasteiger partial charge in [-0.05, 0) is 32.9 Å². The summed E-state index contributed by atoms with van der Waals surface area (Å²) >= 11 is 0. The summed E-state index contributed by atoms with van der Waals surface area (Å²) in [5.41, 5.74) is -0.904. The van der Waals surface area contributed by atoms with Crippen LogP contribution in [-0.2, 0) is 4.74 Å². The van der Waals surface area contributed by atoms with E-state index in [1.807, 2.05) is 0 Å². The second-order valence-electron chi connectivity index (χ2n) is 4.73. The van der Waals surface area contributed by atoms with Crippen LogP contribution in [0.3, 0.4) is 0 Å². The Morgan fingerprint density at radius 3 is 2.58 bits per heavy atom. The molecule has 1 rings (SSSR count). The molecule has 1 N–H and O–H groups in total. The van der Waals surface area contributed by atoms with Crippen LogP contribution in [0.2, 0.25) is 0 Å². The smallest absolute Gasteiger partial charge is 0.412 e. The Morgan fingerprint density at radius 2 is 2.11 bits per heavy atom. The molecule has 19 heavy (non-hydrogen) atoms. The lowest BCUT2D eigenvalue weighted by molar-refractivity contribution is -0.385. The van der Waals surface area contributed by atoms with Gasteiger partial charge in [-0.1, -0.05) is 0 Å². The summed E-state index contributed by atoms with van der Waals surface area (Å²) in [4.78, 5) is 21.6. The molecular weight excluding hydrogens is 250 g/mol. The molecule has 0 unspecified atom stereocenters. The van der Waals surface area contributed by atoms with Crippen LogP contribution in [0.15, 0.2) is 18.2 Å². The lowest BCUT2D eigenvalue weighted by atomic mass is 10.2. The van der Waals surface area contributed by atoms with Crippen molar-refractivity contribution in [2.45, 2.75) is 26.4 Å². The first-order valence-electron chi connectivity index (χ1n) is 5.41. The minimum atomic E-state index is -0.716. The molecule has 0 aliphatic carbocycles. The Bertz CT molecular complexity index is 555. The molecule has 0 aliphatic heterocycles. The first kappa shape index (κ1) is 14.4. The van der Waals surface area contributed by atoms with Gasteiger partial charge in [0.15, 0.2) is 0 Å². The molecule has 7 nitrogen and oxygen atoms in total. The van der Waals surface area contributed by atoms with Crippen molar-refractivity contribution in [3.63, 3.8) is 0 Å². The Labute approximate surface area is 109 Å². The van der Waals surface area contributed by atoms with Crippen LogP contribution in [0.25, 0.3) is 0 Å². The molecule has 0 bridgehead atoms. The highest BCUT2D eigenvalue weighted by Gasteiger charge is 2.18. The standard InChI is InChI=1S/C12H13N3O4/c1-12(2,3)19-11(16)14-9-5-4-8(7-13)10(6-9)15(17)18/h4-6H,1-3H3,(H,14,16). The van der Waals surface area contributed by atoms with E-state index >= 15 is 0 Å². The third kappa shape index (κ3) is 4.27. The largest absolute Gasteiger partial charge is 0.444 e. The molecule has 1 aromatic carbocycles. The van der Waals surface area contributed by atoms with Crippen LogP contribution in [0, 0.1) is 21.4 Å². The van der Waals surface area contributed by atoms with E-state index in [1.165, 1.54) is 12.1 Å². The second-order valence-corrected chi connectivity index (χ2v) is 4.73. The molecule has 0 fully saturated rings. The number of nitrogens with one attached hydrogen (secondary N) is 1. The molecule has 7 heteroatoms.